The Bertz CT molecular complexity index is 630. The molecule has 19 heavy (non-hydrogen) atoms. The minimum atomic E-state index is -0.743. The Morgan fingerprint density at radius 3 is 2.37 bits per heavy atom. The Labute approximate surface area is 107 Å². The van der Waals surface area contributed by atoms with Crippen molar-refractivity contribution in [3.8, 4) is 11.5 Å². The number of nitrogens with zero attached hydrogens (tertiary/aromatic N) is 1. The zero-order valence-electron chi connectivity index (χ0n) is 9.68. The van der Waals surface area contributed by atoms with E-state index in [0.717, 1.165) is 6.07 Å². The number of nitrogens with two attached hydrogens (primary N) is 1. The summed E-state index contributed by atoms with van der Waals surface area (Å²) in [6.07, 6.45) is 0. The van der Waals surface area contributed by atoms with Crippen LogP contribution < -0.4 is 10.5 Å². The van der Waals surface area contributed by atoms with Gasteiger partial charge in [-0.3, -0.25) is 0 Å². The fraction of sp³-hybridized carbons (Fsp3) is 0. The number of oxime groups is 1. The fourth-order valence-electron chi connectivity index (χ4n) is 1.45. The Morgan fingerprint density at radius 2 is 1.74 bits per heavy atom. The first kappa shape index (κ1) is 12.8. The van der Waals surface area contributed by atoms with Gasteiger partial charge in [0.2, 0.25) is 0 Å². The van der Waals surface area contributed by atoms with Crippen LogP contribution in [0.1, 0.15) is 5.56 Å². The van der Waals surface area contributed by atoms with Gasteiger partial charge in [-0.05, 0) is 30.3 Å². The van der Waals surface area contributed by atoms with Crippen molar-refractivity contribution in [2.45, 2.75) is 0 Å². The fourth-order valence-corrected chi connectivity index (χ4v) is 1.45. The van der Waals surface area contributed by atoms with Gasteiger partial charge in [0.05, 0.1) is 0 Å². The molecule has 98 valence electrons. The van der Waals surface area contributed by atoms with E-state index in [9.17, 15) is 8.78 Å². The maximum Gasteiger partial charge on any atom is 0.170 e. The second-order valence-electron chi connectivity index (χ2n) is 3.66. The SMILES string of the molecule is N/C(=N\O)c1ccc(Oc2ccccc2F)c(F)c1. The van der Waals surface area contributed by atoms with Crippen LogP contribution in [0.2, 0.25) is 0 Å². The van der Waals surface area contributed by atoms with Gasteiger partial charge in [0.15, 0.2) is 29.0 Å². The predicted octanol–water partition coefficient (Wildman–Crippen LogP) is 2.85. The third-order valence-electron chi connectivity index (χ3n) is 2.39. The number of rotatable bonds is 3. The van der Waals surface area contributed by atoms with Crippen LogP contribution in [0.3, 0.4) is 0 Å². The lowest BCUT2D eigenvalue weighted by Gasteiger charge is -2.08. The van der Waals surface area contributed by atoms with E-state index in [4.69, 9.17) is 15.7 Å². The highest BCUT2D eigenvalue weighted by Gasteiger charge is 2.10. The van der Waals surface area contributed by atoms with Crippen LogP contribution in [0.4, 0.5) is 8.78 Å². The minimum absolute atomic E-state index is 0.0852. The topological polar surface area (TPSA) is 67.8 Å². The molecule has 0 heterocycles. The number of benzene rings is 2. The van der Waals surface area contributed by atoms with E-state index in [1.807, 2.05) is 0 Å². The van der Waals surface area contributed by atoms with Gasteiger partial charge in [0.25, 0.3) is 0 Å². The second kappa shape index (κ2) is 5.34. The average Bonchev–Trinajstić information content (AvgIpc) is 2.42. The van der Waals surface area contributed by atoms with Gasteiger partial charge in [0, 0.05) is 5.56 Å². The first-order chi connectivity index (χ1) is 9.11. The highest BCUT2D eigenvalue weighted by atomic mass is 19.1. The number of hydrogen-bond acceptors (Lipinski definition) is 3. The van der Waals surface area contributed by atoms with Crippen molar-refractivity contribution >= 4 is 5.84 Å². The van der Waals surface area contributed by atoms with E-state index in [-0.39, 0.29) is 22.9 Å². The molecule has 4 nitrogen and oxygen atoms in total. The van der Waals surface area contributed by atoms with Crippen LogP contribution in [0.25, 0.3) is 0 Å². The van der Waals surface area contributed by atoms with Gasteiger partial charge >= 0.3 is 0 Å². The molecule has 0 saturated heterocycles. The standard InChI is InChI=1S/C13H10F2N2O2/c14-9-3-1-2-4-11(9)19-12-6-5-8(7-10(12)15)13(16)17-18/h1-7,18H,(H2,16,17). The lowest BCUT2D eigenvalue weighted by atomic mass is 10.2. The summed E-state index contributed by atoms with van der Waals surface area (Å²) in [5.41, 5.74) is 5.52. The molecule has 0 spiro atoms. The smallest absolute Gasteiger partial charge is 0.170 e. The maximum atomic E-state index is 13.7. The molecule has 0 unspecified atom stereocenters. The van der Waals surface area contributed by atoms with Gasteiger partial charge in [-0.15, -0.1) is 0 Å². The maximum absolute atomic E-state index is 13.7. The lowest BCUT2D eigenvalue weighted by molar-refractivity contribution is 0.318. The number of para-hydroxylation sites is 1. The van der Waals surface area contributed by atoms with Gasteiger partial charge in [0.1, 0.15) is 0 Å². The molecular formula is C13H10F2N2O2. The first-order valence-electron chi connectivity index (χ1n) is 5.31. The molecule has 2 aromatic carbocycles. The van der Waals surface area contributed by atoms with Crippen LogP contribution >= 0.6 is 0 Å². The van der Waals surface area contributed by atoms with E-state index in [0.29, 0.717) is 0 Å². The second-order valence-corrected chi connectivity index (χ2v) is 3.66. The quantitative estimate of drug-likeness (QED) is 0.387. The van der Waals surface area contributed by atoms with Gasteiger partial charge in [-0.1, -0.05) is 17.3 Å². The van der Waals surface area contributed by atoms with Crippen LogP contribution in [-0.2, 0) is 0 Å². The van der Waals surface area contributed by atoms with Crippen molar-refractivity contribution in [1.82, 2.24) is 0 Å². The molecule has 0 aromatic heterocycles. The van der Waals surface area contributed by atoms with Crippen LogP contribution in [0.15, 0.2) is 47.6 Å². The summed E-state index contributed by atoms with van der Waals surface area (Å²) >= 11 is 0. The monoisotopic (exact) mass is 264 g/mol. The minimum Gasteiger partial charge on any atom is -0.451 e. The molecule has 0 fully saturated rings. The summed E-state index contributed by atoms with van der Waals surface area (Å²) in [6.45, 7) is 0. The van der Waals surface area contributed by atoms with Gasteiger partial charge in [-0.25, -0.2) is 8.78 Å². The average molecular weight is 264 g/mol. The predicted molar refractivity (Wildman–Crippen MR) is 65.4 cm³/mol. The van der Waals surface area contributed by atoms with Crippen molar-refractivity contribution in [2.75, 3.05) is 0 Å². The van der Waals surface area contributed by atoms with E-state index < -0.39 is 11.6 Å². The van der Waals surface area contributed by atoms with Gasteiger partial charge < -0.3 is 15.7 Å². The molecule has 2 rings (SSSR count). The lowest BCUT2D eigenvalue weighted by Crippen LogP contribution is -2.13. The summed E-state index contributed by atoms with van der Waals surface area (Å²) < 4.78 is 32.2. The summed E-state index contributed by atoms with van der Waals surface area (Å²) in [5, 5.41) is 11.2. The van der Waals surface area contributed by atoms with E-state index in [1.165, 1.54) is 30.3 Å². The normalized spacial score (nSPS) is 11.4. The Hall–Kier alpha value is -2.63. The number of ether oxygens (including phenoxy) is 1. The van der Waals surface area contributed by atoms with Crippen molar-refractivity contribution in [1.29, 1.82) is 0 Å². The number of hydrogen-bond donors (Lipinski definition) is 2. The van der Waals surface area contributed by atoms with E-state index in [1.54, 1.807) is 6.07 Å². The van der Waals surface area contributed by atoms with Crippen molar-refractivity contribution in [3.63, 3.8) is 0 Å². The molecule has 3 N–H and O–H groups in total. The molecule has 0 aliphatic heterocycles. The summed E-state index contributed by atoms with van der Waals surface area (Å²) in [4.78, 5) is 0. The Morgan fingerprint density at radius 1 is 1.05 bits per heavy atom. The van der Waals surface area contributed by atoms with Crippen molar-refractivity contribution in [2.24, 2.45) is 10.9 Å². The van der Waals surface area contributed by atoms with Gasteiger partial charge in [-0.2, -0.15) is 0 Å². The van der Waals surface area contributed by atoms with E-state index in [2.05, 4.69) is 5.16 Å². The van der Waals surface area contributed by atoms with Crippen molar-refractivity contribution < 1.29 is 18.7 Å². The Balaban J connectivity index is 2.30. The molecule has 0 atom stereocenters. The summed E-state index contributed by atoms with van der Waals surface area (Å²) in [5.74, 6) is -1.80. The zero-order chi connectivity index (χ0) is 13.8. The molecule has 0 amide bonds. The molecular weight excluding hydrogens is 254 g/mol. The molecule has 0 aliphatic carbocycles. The zero-order valence-corrected chi connectivity index (χ0v) is 9.68. The Kier molecular flexibility index (Phi) is 3.61. The third kappa shape index (κ3) is 2.79. The van der Waals surface area contributed by atoms with Crippen LogP contribution in [-0.4, -0.2) is 11.0 Å². The highest BCUT2D eigenvalue weighted by Crippen LogP contribution is 2.26. The van der Waals surface area contributed by atoms with E-state index >= 15 is 0 Å². The third-order valence-corrected chi connectivity index (χ3v) is 2.39. The number of amidine groups is 1. The highest BCUT2D eigenvalue weighted by molar-refractivity contribution is 5.97. The molecule has 0 saturated carbocycles. The molecule has 2 aromatic rings. The first-order valence-corrected chi connectivity index (χ1v) is 5.31. The summed E-state index contributed by atoms with van der Waals surface area (Å²) in [7, 11) is 0. The summed E-state index contributed by atoms with van der Waals surface area (Å²) in [6, 6.07) is 9.36. The molecule has 0 radical (unpaired) electrons. The number of halogens is 2. The molecule has 6 heteroatoms. The van der Waals surface area contributed by atoms with Crippen molar-refractivity contribution in [3.05, 3.63) is 59.7 Å². The van der Waals surface area contributed by atoms with Crippen LogP contribution in [0, 0.1) is 11.6 Å². The van der Waals surface area contributed by atoms with Crippen LogP contribution in [0.5, 0.6) is 11.5 Å². The largest absolute Gasteiger partial charge is 0.451 e. The molecule has 0 aliphatic rings. The molecule has 0 bridgehead atoms.